The Morgan fingerprint density at radius 2 is 1.70 bits per heavy atom. The Morgan fingerprint density at radius 3 is 2.26 bits per heavy atom. The van der Waals surface area contributed by atoms with E-state index in [-0.39, 0.29) is 16.5 Å². The van der Waals surface area contributed by atoms with Gasteiger partial charge in [0.25, 0.3) is 0 Å². The van der Waals surface area contributed by atoms with E-state index in [1.165, 1.54) is 12.1 Å². The molecule has 0 radical (unpaired) electrons. The maximum Gasteiger partial charge on any atom is 0.238 e. The summed E-state index contributed by atoms with van der Waals surface area (Å²) in [7, 11) is -3.76. The lowest BCUT2D eigenvalue weighted by molar-refractivity contribution is 0.104. The SMILES string of the molecule is Cc1cncc(C)c1C(=O)c1sc(Nc2ccc(S(N)(=O)=O)cc2)nc1N. The molecule has 5 N–H and O–H groups in total. The van der Waals surface area contributed by atoms with Crippen LogP contribution in [0.5, 0.6) is 0 Å². The summed E-state index contributed by atoms with van der Waals surface area (Å²) in [5.41, 5.74) is 8.62. The Morgan fingerprint density at radius 1 is 1.11 bits per heavy atom. The number of primary sulfonamides is 1. The van der Waals surface area contributed by atoms with Crippen LogP contribution in [0.15, 0.2) is 41.6 Å². The van der Waals surface area contributed by atoms with Crippen molar-refractivity contribution >= 4 is 43.8 Å². The fourth-order valence-corrected chi connectivity index (χ4v) is 3.94. The highest BCUT2D eigenvalue weighted by atomic mass is 32.2. The second-order valence-electron chi connectivity index (χ2n) is 5.91. The average molecular weight is 403 g/mol. The van der Waals surface area contributed by atoms with Gasteiger partial charge in [0.15, 0.2) is 5.13 Å². The van der Waals surface area contributed by atoms with Gasteiger partial charge in [0.2, 0.25) is 15.8 Å². The number of hydrogen-bond donors (Lipinski definition) is 3. The van der Waals surface area contributed by atoms with Gasteiger partial charge >= 0.3 is 0 Å². The van der Waals surface area contributed by atoms with E-state index in [1.54, 1.807) is 24.5 Å². The van der Waals surface area contributed by atoms with Crippen LogP contribution < -0.4 is 16.2 Å². The van der Waals surface area contributed by atoms with Crippen LogP contribution in [0.2, 0.25) is 0 Å². The number of ketones is 1. The number of aryl methyl sites for hydroxylation is 2. The number of rotatable bonds is 5. The smallest absolute Gasteiger partial charge is 0.238 e. The van der Waals surface area contributed by atoms with Gasteiger partial charge in [-0.3, -0.25) is 9.78 Å². The van der Waals surface area contributed by atoms with E-state index in [4.69, 9.17) is 10.9 Å². The van der Waals surface area contributed by atoms with Crippen LogP contribution >= 0.6 is 11.3 Å². The Hall–Kier alpha value is -2.82. The minimum absolute atomic E-state index is 0.00575. The Kier molecular flexibility index (Phi) is 4.96. The molecule has 0 aliphatic heterocycles. The van der Waals surface area contributed by atoms with Gasteiger partial charge in [-0.15, -0.1) is 0 Å². The zero-order valence-electron chi connectivity index (χ0n) is 14.6. The average Bonchev–Trinajstić information content (AvgIpc) is 2.94. The van der Waals surface area contributed by atoms with Crippen molar-refractivity contribution in [2.45, 2.75) is 18.7 Å². The zero-order chi connectivity index (χ0) is 19.8. The molecule has 0 saturated heterocycles. The summed E-state index contributed by atoms with van der Waals surface area (Å²) >= 11 is 1.12. The maximum atomic E-state index is 12.9. The summed E-state index contributed by atoms with van der Waals surface area (Å²) < 4.78 is 22.6. The third-order valence-electron chi connectivity index (χ3n) is 3.85. The summed E-state index contributed by atoms with van der Waals surface area (Å²) in [6, 6.07) is 5.86. The molecule has 10 heteroatoms. The first-order valence-electron chi connectivity index (χ1n) is 7.79. The normalized spacial score (nSPS) is 11.4. The lowest BCUT2D eigenvalue weighted by atomic mass is 10.0. The Bertz CT molecular complexity index is 1100. The van der Waals surface area contributed by atoms with Crippen LogP contribution in [0, 0.1) is 13.8 Å². The van der Waals surface area contributed by atoms with Gasteiger partial charge in [-0.05, 0) is 49.2 Å². The molecule has 0 unspecified atom stereocenters. The predicted molar refractivity (Wildman–Crippen MR) is 105 cm³/mol. The van der Waals surface area contributed by atoms with Crippen LogP contribution in [0.25, 0.3) is 0 Å². The van der Waals surface area contributed by atoms with Gasteiger partial charge in [-0.25, -0.2) is 18.5 Å². The maximum absolute atomic E-state index is 12.9. The highest BCUT2D eigenvalue weighted by Gasteiger charge is 2.21. The first-order chi connectivity index (χ1) is 12.7. The van der Waals surface area contributed by atoms with Gasteiger partial charge < -0.3 is 11.1 Å². The third-order valence-corrected chi connectivity index (χ3v) is 5.76. The molecule has 0 aliphatic carbocycles. The number of pyridine rings is 1. The highest BCUT2D eigenvalue weighted by Crippen LogP contribution is 2.31. The molecule has 2 aromatic heterocycles. The fraction of sp³-hybridized carbons (Fsp3) is 0.118. The van der Waals surface area contributed by atoms with E-state index in [0.29, 0.717) is 21.3 Å². The van der Waals surface area contributed by atoms with Crippen molar-refractivity contribution in [2.75, 3.05) is 11.1 Å². The molecular formula is C17H17N5O3S2. The number of carbonyl (C=O) groups excluding carboxylic acids is 1. The monoisotopic (exact) mass is 403 g/mol. The molecule has 0 atom stereocenters. The van der Waals surface area contributed by atoms with Crippen LogP contribution in [-0.4, -0.2) is 24.2 Å². The molecule has 0 aliphatic rings. The van der Waals surface area contributed by atoms with Crippen molar-refractivity contribution in [1.29, 1.82) is 0 Å². The number of carbonyl (C=O) groups is 1. The number of nitrogens with one attached hydrogen (secondary N) is 1. The number of sulfonamides is 1. The molecule has 1 aromatic carbocycles. The van der Waals surface area contributed by atoms with Crippen molar-refractivity contribution in [3.05, 3.63) is 58.2 Å². The minimum Gasteiger partial charge on any atom is -0.382 e. The second kappa shape index (κ2) is 7.06. The van der Waals surface area contributed by atoms with Crippen LogP contribution in [0.3, 0.4) is 0 Å². The lowest BCUT2D eigenvalue weighted by Crippen LogP contribution is -2.11. The first-order valence-corrected chi connectivity index (χ1v) is 10.1. The standard InChI is InChI=1S/C17H17N5O3S2/c1-9-7-20-8-10(2)13(9)14(23)15-16(18)22-17(26-15)21-11-3-5-12(6-4-11)27(19,24)25/h3-8H,18H2,1-2H3,(H,21,22)(H2,19,24,25). The largest absolute Gasteiger partial charge is 0.382 e. The highest BCUT2D eigenvalue weighted by molar-refractivity contribution is 7.89. The number of nitrogens with zero attached hydrogens (tertiary/aromatic N) is 2. The molecule has 0 amide bonds. The van der Waals surface area contributed by atoms with Crippen LogP contribution in [-0.2, 0) is 10.0 Å². The molecule has 27 heavy (non-hydrogen) atoms. The van der Waals surface area contributed by atoms with Gasteiger partial charge in [-0.1, -0.05) is 11.3 Å². The van der Waals surface area contributed by atoms with Gasteiger partial charge in [0, 0.05) is 23.6 Å². The summed E-state index contributed by atoms with van der Waals surface area (Å²) in [5, 5.41) is 8.51. The van der Waals surface area contributed by atoms with E-state index in [0.717, 1.165) is 22.5 Å². The van der Waals surface area contributed by atoms with E-state index >= 15 is 0 Å². The Labute approximate surface area is 160 Å². The number of nitrogen functional groups attached to an aromatic ring is 1. The van der Waals surface area contributed by atoms with Gasteiger partial charge in [0.05, 0.1) is 4.90 Å². The van der Waals surface area contributed by atoms with E-state index in [9.17, 15) is 13.2 Å². The summed E-state index contributed by atoms with van der Waals surface area (Å²) in [4.78, 5) is 21.5. The van der Waals surface area contributed by atoms with Crippen LogP contribution in [0.4, 0.5) is 16.6 Å². The van der Waals surface area contributed by atoms with E-state index in [2.05, 4.69) is 15.3 Å². The number of nitrogens with two attached hydrogens (primary N) is 2. The molecule has 0 fully saturated rings. The summed E-state index contributed by atoms with van der Waals surface area (Å²) in [6.45, 7) is 3.63. The molecule has 3 aromatic rings. The van der Waals surface area contributed by atoms with E-state index in [1.807, 2.05) is 13.8 Å². The van der Waals surface area contributed by atoms with Crippen molar-refractivity contribution in [2.24, 2.45) is 5.14 Å². The minimum atomic E-state index is -3.76. The quantitative estimate of drug-likeness (QED) is 0.555. The number of benzene rings is 1. The number of thiazole rings is 1. The molecule has 0 saturated carbocycles. The predicted octanol–water partition coefficient (Wildman–Crippen LogP) is 2.36. The summed E-state index contributed by atoms with van der Waals surface area (Å²) in [5.74, 6) is -0.0794. The number of aromatic nitrogens is 2. The molecule has 3 rings (SSSR count). The van der Waals surface area contributed by atoms with Crippen molar-refractivity contribution < 1.29 is 13.2 Å². The topological polar surface area (TPSA) is 141 Å². The molecular weight excluding hydrogens is 386 g/mol. The molecule has 2 heterocycles. The molecule has 0 bridgehead atoms. The number of anilines is 3. The second-order valence-corrected chi connectivity index (χ2v) is 8.47. The molecule has 0 spiro atoms. The Balaban J connectivity index is 1.88. The van der Waals surface area contributed by atoms with Crippen molar-refractivity contribution in [1.82, 2.24) is 9.97 Å². The molecule has 8 nitrogen and oxygen atoms in total. The van der Waals surface area contributed by atoms with Crippen molar-refractivity contribution in [3.8, 4) is 0 Å². The fourth-order valence-electron chi connectivity index (χ4n) is 2.57. The zero-order valence-corrected chi connectivity index (χ0v) is 16.2. The van der Waals surface area contributed by atoms with Gasteiger partial charge in [-0.2, -0.15) is 0 Å². The van der Waals surface area contributed by atoms with E-state index < -0.39 is 10.0 Å². The first kappa shape index (κ1) is 19.0. The lowest BCUT2D eigenvalue weighted by Gasteiger charge is -2.06. The van der Waals surface area contributed by atoms with Crippen molar-refractivity contribution in [3.63, 3.8) is 0 Å². The van der Waals surface area contributed by atoms with Crippen LogP contribution in [0.1, 0.15) is 26.4 Å². The van der Waals surface area contributed by atoms with Gasteiger partial charge in [0.1, 0.15) is 10.7 Å². The molecule has 140 valence electrons. The number of hydrogen-bond acceptors (Lipinski definition) is 8. The third kappa shape index (κ3) is 3.97. The summed E-state index contributed by atoms with van der Waals surface area (Å²) in [6.07, 6.45) is 3.26.